The number of aliphatic hydroxyl groups is 2. The number of nitrogens with one attached hydrogen (secondary N) is 2. The number of aliphatic hydroxyl groups excluding tert-OH is 2. The first-order chi connectivity index (χ1) is 7.91. The van der Waals surface area contributed by atoms with Gasteiger partial charge in [-0.1, -0.05) is 11.6 Å². The van der Waals surface area contributed by atoms with Crippen LogP contribution in [-0.4, -0.2) is 33.8 Å². The van der Waals surface area contributed by atoms with Gasteiger partial charge in [-0.3, -0.25) is 9.59 Å². The average molecular weight is 261 g/mol. The van der Waals surface area contributed by atoms with E-state index in [1.807, 2.05) is 0 Å². The Morgan fingerprint density at radius 1 is 1.59 bits per heavy atom. The standard InChI is InChI=1S/C10H13ClN2O4/c1-5(14)12-4-8(15)9(16)7-2-6(11)3-13-10(7)17/h2-3,8-9,15-16H,4H2,1H3,(H,12,14)(H,13,17). The van der Waals surface area contributed by atoms with E-state index in [1.54, 1.807) is 0 Å². The summed E-state index contributed by atoms with van der Waals surface area (Å²) in [5, 5.41) is 21.9. The number of aromatic nitrogens is 1. The zero-order chi connectivity index (χ0) is 13.0. The van der Waals surface area contributed by atoms with Crippen molar-refractivity contribution in [3.8, 4) is 0 Å². The van der Waals surface area contributed by atoms with Gasteiger partial charge in [0.25, 0.3) is 5.56 Å². The highest BCUT2D eigenvalue weighted by atomic mass is 35.5. The average Bonchev–Trinajstić information content (AvgIpc) is 2.28. The minimum atomic E-state index is -1.41. The number of H-pyrrole nitrogens is 1. The summed E-state index contributed by atoms with van der Waals surface area (Å²) in [5.74, 6) is -0.337. The maximum absolute atomic E-state index is 11.4. The Hall–Kier alpha value is -1.37. The molecule has 2 unspecified atom stereocenters. The largest absolute Gasteiger partial charge is 0.388 e. The van der Waals surface area contributed by atoms with Crippen molar-refractivity contribution in [1.82, 2.24) is 10.3 Å². The molecule has 0 saturated carbocycles. The Morgan fingerprint density at radius 3 is 2.82 bits per heavy atom. The molecule has 0 aromatic carbocycles. The Bertz CT molecular complexity index is 460. The van der Waals surface area contributed by atoms with Gasteiger partial charge in [0.15, 0.2) is 0 Å². The van der Waals surface area contributed by atoms with Crippen LogP contribution < -0.4 is 10.9 Å². The smallest absolute Gasteiger partial charge is 0.253 e. The van der Waals surface area contributed by atoms with E-state index in [0.717, 1.165) is 0 Å². The monoisotopic (exact) mass is 260 g/mol. The lowest BCUT2D eigenvalue weighted by Crippen LogP contribution is -2.36. The molecular weight excluding hydrogens is 248 g/mol. The van der Waals surface area contributed by atoms with Crippen LogP contribution in [0.4, 0.5) is 0 Å². The molecule has 1 amide bonds. The number of amides is 1. The van der Waals surface area contributed by atoms with Gasteiger partial charge in [-0.25, -0.2) is 0 Å². The van der Waals surface area contributed by atoms with Crippen molar-refractivity contribution in [2.45, 2.75) is 19.1 Å². The van der Waals surface area contributed by atoms with Crippen molar-refractivity contribution in [3.05, 3.63) is 33.2 Å². The van der Waals surface area contributed by atoms with E-state index in [0.29, 0.717) is 0 Å². The number of hydrogen-bond donors (Lipinski definition) is 4. The summed E-state index contributed by atoms with van der Waals surface area (Å²) in [6.07, 6.45) is -1.41. The number of halogens is 1. The lowest BCUT2D eigenvalue weighted by atomic mass is 10.1. The summed E-state index contributed by atoms with van der Waals surface area (Å²) in [5.41, 5.74) is -0.584. The fourth-order valence-corrected chi connectivity index (χ4v) is 1.43. The molecular formula is C10H13ClN2O4. The highest BCUT2D eigenvalue weighted by molar-refractivity contribution is 6.30. The molecule has 0 fully saturated rings. The molecule has 1 heterocycles. The molecule has 7 heteroatoms. The molecule has 94 valence electrons. The first-order valence-electron chi connectivity index (χ1n) is 4.90. The molecule has 2 atom stereocenters. The minimum absolute atomic E-state index is 0.0460. The maximum atomic E-state index is 11.4. The van der Waals surface area contributed by atoms with Crippen LogP contribution in [0.25, 0.3) is 0 Å². The third-order valence-electron chi connectivity index (χ3n) is 2.14. The van der Waals surface area contributed by atoms with Gasteiger partial charge >= 0.3 is 0 Å². The highest BCUT2D eigenvalue weighted by Gasteiger charge is 2.21. The Balaban J connectivity index is 2.81. The maximum Gasteiger partial charge on any atom is 0.253 e. The topological polar surface area (TPSA) is 102 Å². The lowest BCUT2D eigenvalue weighted by molar-refractivity contribution is -0.119. The molecule has 6 nitrogen and oxygen atoms in total. The fraction of sp³-hybridized carbons (Fsp3) is 0.400. The van der Waals surface area contributed by atoms with E-state index >= 15 is 0 Å². The van der Waals surface area contributed by atoms with E-state index in [9.17, 15) is 19.8 Å². The Morgan fingerprint density at radius 2 is 2.24 bits per heavy atom. The number of carbonyl (C=O) groups excluding carboxylic acids is 1. The van der Waals surface area contributed by atoms with Crippen molar-refractivity contribution >= 4 is 17.5 Å². The fourth-order valence-electron chi connectivity index (χ4n) is 1.26. The summed E-state index contributed by atoms with van der Waals surface area (Å²) in [7, 11) is 0. The molecule has 0 spiro atoms. The van der Waals surface area contributed by atoms with Crippen molar-refractivity contribution in [2.75, 3.05) is 6.54 Å². The number of carbonyl (C=O) groups is 1. The van der Waals surface area contributed by atoms with E-state index in [1.165, 1.54) is 19.2 Å². The van der Waals surface area contributed by atoms with E-state index < -0.39 is 17.8 Å². The predicted octanol–water partition coefficient (Wildman–Crippen LogP) is -0.441. The lowest BCUT2D eigenvalue weighted by Gasteiger charge is -2.17. The van der Waals surface area contributed by atoms with Crippen LogP contribution in [0, 0.1) is 0 Å². The van der Waals surface area contributed by atoms with Crippen molar-refractivity contribution in [2.24, 2.45) is 0 Å². The third-order valence-corrected chi connectivity index (χ3v) is 2.36. The summed E-state index contributed by atoms with van der Waals surface area (Å²) < 4.78 is 0. The first-order valence-corrected chi connectivity index (χ1v) is 5.28. The molecule has 0 aliphatic heterocycles. The molecule has 17 heavy (non-hydrogen) atoms. The third kappa shape index (κ3) is 3.85. The number of pyridine rings is 1. The molecule has 0 radical (unpaired) electrons. The molecule has 1 aromatic rings. The van der Waals surface area contributed by atoms with Crippen LogP contribution in [0.5, 0.6) is 0 Å². The van der Waals surface area contributed by atoms with Gasteiger partial charge < -0.3 is 20.5 Å². The van der Waals surface area contributed by atoms with E-state index in [-0.39, 0.29) is 23.0 Å². The second-order valence-electron chi connectivity index (χ2n) is 3.55. The minimum Gasteiger partial charge on any atom is -0.388 e. The van der Waals surface area contributed by atoms with Crippen molar-refractivity contribution in [1.29, 1.82) is 0 Å². The second kappa shape index (κ2) is 5.81. The number of rotatable bonds is 4. The quantitative estimate of drug-likeness (QED) is 0.589. The van der Waals surface area contributed by atoms with E-state index in [4.69, 9.17) is 11.6 Å². The molecule has 0 bridgehead atoms. The molecule has 1 rings (SSSR count). The normalized spacial score (nSPS) is 14.1. The number of hydrogen-bond acceptors (Lipinski definition) is 4. The van der Waals surface area contributed by atoms with Gasteiger partial charge in [0.2, 0.25) is 5.91 Å². The number of aromatic amines is 1. The molecule has 4 N–H and O–H groups in total. The Kier molecular flexibility index (Phi) is 4.68. The van der Waals surface area contributed by atoms with E-state index in [2.05, 4.69) is 10.3 Å². The first kappa shape index (κ1) is 13.7. The molecule has 0 aliphatic rings. The van der Waals surface area contributed by atoms with Gasteiger partial charge in [-0.2, -0.15) is 0 Å². The van der Waals surface area contributed by atoms with Crippen LogP contribution in [0.3, 0.4) is 0 Å². The zero-order valence-corrected chi connectivity index (χ0v) is 9.86. The second-order valence-corrected chi connectivity index (χ2v) is 3.99. The van der Waals surface area contributed by atoms with Gasteiger partial charge in [-0.15, -0.1) is 0 Å². The van der Waals surface area contributed by atoms with Crippen LogP contribution in [-0.2, 0) is 4.79 Å². The van der Waals surface area contributed by atoms with Gasteiger partial charge in [0.05, 0.1) is 5.02 Å². The van der Waals surface area contributed by atoms with Gasteiger partial charge in [0, 0.05) is 25.2 Å². The van der Waals surface area contributed by atoms with Gasteiger partial charge in [-0.05, 0) is 6.07 Å². The van der Waals surface area contributed by atoms with Crippen molar-refractivity contribution < 1.29 is 15.0 Å². The summed E-state index contributed by atoms with van der Waals surface area (Å²) in [6, 6.07) is 1.27. The van der Waals surface area contributed by atoms with Crippen LogP contribution in [0.1, 0.15) is 18.6 Å². The Labute approximate surface area is 102 Å². The van der Waals surface area contributed by atoms with Crippen LogP contribution in [0.2, 0.25) is 5.02 Å². The van der Waals surface area contributed by atoms with Crippen LogP contribution >= 0.6 is 11.6 Å². The molecule has 0 saturated heterocycles. The molecule has 0 aliphatic carbocycles. The summed E-state index contributed by atoms with van der Waals surface area (Å²) in [6.45, 7) is 1.13. The highest BCUT2D eigenvalue weighted by Crippen LogP contribution is 2.15. The SMILES string of the molecule is CC(=O)NCC(O)C(O)c1cc(Cl)c[nH]c1=O. The molecule has 1 aromatic heterocycles. The van der Waals surface area contributed by atoms with Crippen molar-refractivity contribution in [3.63, 3.8) is 0 Å². The summed E-state index contributed by atoms with van der Waals surface area (Å²) in [4.78, 5) is 24.3. The zero-order valence-electron chi connectivity index (χ0n) is 9.11. The van der Waals surface area contributed by atoms with Gasteiger partial charge in [0.1, 0.15) is 12.2 Å². The van der Waals surface area contributed by atoms with Crippen LogP contribution in [0.15, 0.2) is 17.1 Å². The predicted molar refractivity (Wildman–Crippen MR) is 61.7 cm³/mol. The summed E-state index contributed by atoms with van der Waals surface area (Å²) >= 11 is 5.66.